The average molecular weight is 412 g/mol. The molecule has 20 heavy (non-hydrogen) atoms. The van der Waals surface area contributed by atoms with Crippen molar-refractivity contribution in [1.29, 1.82) is 0 Å². The van der Waals surface area contributed by atoms with Crippen LogP contribution in [0, 0.1) is 6.58 Å². The Balaban J connectivity index is 0. The molecule has 0 rings (SSSR count). The van der Waals surface area contributed by atoms with Crippen LogP contribution in [0.3, 0.4) is 0 Å². The molecule has 5 N–H and O–H groups in total. The van der Waals surface area contributed by atoms with Crippen molar-refractivity contribution in [2.24, 2.45) is 0 Å². The van der Waals surface area contributed by atoms with E-state index in [1.165, 1.54) is 6.92 Å². The van der Waals surface area contributed by atoms with Crippen molar-refractivity contribution < 1.29 is 104 Å². The zero-order valence-corrected chi connectivity index (χ0v) is 18.2. The number of ether oxygens (including phenoxy) is 2. The molecule has 0 aliphatic heterocycles. The van der Waals surface area contributed by atoms with Crippen LogP contribution in [-0.2, 0) is 9.47 Å². The molecule has 0 heterocycles. The maximum atomic E-state index is 9.51. The van der Waals surface area contributed by atoms with Crippen molar-refractivity contribution in [3.8, 4) is 0 Å². The molecule has 0 spiro atoms. The van der Waals surface area contributed by atoms with E-state index in [4.69, 9.17) is 26.3 Å². The van der Waals surface area contributed by atoms with E-state index in [1.54, 1.807) is 0 Å². The molecule has 8 heteroatoms. The summed E-state index contributed by atoms with van der Waals surface area (Å²) in [5.41, 5.74) is 0. The molecule has 0 aliphatic rings. The number of aliphatic hydroxyl groups is 5. The van der Waals surface area contributed by atoms with Crippen molar-refractivity contribution in [3.63, 3.8) is 0 Å². The fourth-order valence-corrected chi connectivity index (χ4v) is 1.21. The Hall–Kier alpha value is 1.51. The Morgan fingerprint density at radius 3 is 2.15 bits per heavy atom. The Bertz CT molecular complexity index is 240. The van der Waals surface area contributed by atoms with E-state index in [1.807, 2.05) is 0 Å². The van der Waals surface area contributed by atoms with Gasteiger partial charge in [0.1, 0.15) is 12.2 Å². The van der Waals surface area contributed by atoms with Gasteiger partial charge < -0.3 is 41.6 Å². The van der Waals surface area contributed by atoms with Crippen LogP contribution < -0.4 is 68.9 Å². The monoisotopic (exact) mass is 412 g/mol. The van der Waals surface area contributed by atoms with E-state index in [-0.39, 0.29) is 81.9 Å². The number of aliphatic hydroxyl groups excluding tert-OH is 5. The summed E-state index contributed by atoms with van der Waals surface area (Å²) in [6, 6.07) is 0. The van der Waals surface area contributed by atoms with Gasteiger partial charge in [-0.2, -0.15) is 0 Å². The van der Waals surface area contributed by atoms with Crippen molar-refractivity contribution in [2.75, 3.05) is 19.8 Å². The summed E-state index contributed by atoms with van der Waals surface area (Å²) < 4.78 is 10.3. The summed E-state index contributed by atoms with van der Waals surface area (Å²) in [5, 5.41) is 45.9. The van der Waals surface area contributed by atoms with Gasteiger partial charge in [0.2, 0.25) is 0 Å². The maximum Gasteiger partial charge on any atom is 1.00 e. The average Bonchev–Trinajstić information content (AvgIpc) is 2.40. The molecule has 0 amide bonds. The Labute approximate surface area is 178 Å². The Morgan fingerprint density at radius 1 is 1.15 bits per heavy atom. The molecule has 0 saturated heterocycles. The summed E-state index contributed by atoms with van der Waals surface area (Å²) in [4.78, 5) is 0. The third-order valence-electron chi connectivity index (χ3n) is 2.45. The van der Waals surface area contributed by atoms with Crippen LogP contribution in [0.1, 0.15) is 13.3 Å². The van der Waals surface area contributed by atoms with Crippen LogP contribution in [0.25, 0.3) is 0 Å². The van der Waals surface area contributed by atoms with Gasteiger partial charge in [-0.25, -0.2) is 6.08 Å². The van der Waals surface area contributed by atoms with Gasteiger partial charge >= 0.3 is 68.9 Å². The zero-order valence-electron chi connectivity index (χ0n) is 11.9. The molecule has 0 fully saturated rings. The first kappa shape index (κ1) is 23.8. The second-order valence-corrected chi connectivity index (χ2v) is 4.14. The van der Waals surface area contributed by atoms with Crippen molar-refractivity contribution >= 4 is 0 Å². The van der Waals surface area contributed by atoms with E-state index < -0.39 is 43.9 Å². The van der Waals surface area contributed by atoms with Gasteiger partial charge in [-0.3, -0.25) is 0 Å². The third kappa shape index (κ3) is 10.3. The van der Waals surface area contributed by atoms with Crippen molar-refractivity contribution in [3.05, 3.63) is 12.7 Å². The first-order chi connectivity index (χ1) is 8.96. The van der Waals surface area contributed by atoms with Crippen LogP contribution in [0.2, 0.25) is 0 Å². The van der Waals surface area contributed by atoms with E-state index in [0.717, 1.165) is 6.08 Å². The first-order valence-electron chi connectivity index (χ1n) is 6.04. The molecule has 0 aliphatic carbocycles. The second kappa shape index (κ2) is 14.1. The molecule has 0 saturated carbocycles. The molecular weight excluding hydrogens is 389 g/mol. The molecule has 0 radical (unpaired) electrons. The predicted octanol–water partition coefficient (Wildman–Crippen LogP) is -4.82. The van der Waals surface area contributed by atoms with Gasteiger partial charge in [0.05, 0.1) is 25.9 Å². The quantitative estimate of drug-likeness (QED) is 0.171. The summed E-state index contributed by atoms with van der Waals surface area (Å²) >= 11 is 0. The molecule has 7 nitrogen and oxygen atoms in total. The number of hydrogen-bond donors (Lipinski definition) is 5. The number of rotatable bonds is 11. The van der Waals surface area contributed by atoms with Crippen molar-refractivity contribution in [2.45, 2.75) is 44.1 Å². The van der Waals surface area contributed by atoms with Gasteiger partial charge in [-0.1, -0.05) is 0 Å². The molecule has 0 aromatic carbocycles. The van der Waals surface area contributed by atoms with Crippen LogP contribution in [-0.4, -0.2) is 76.1 Å². The zero-order chi connectivity index (χ0) is 14.8. The van der Waals surface area contributed by atoms with Gasteiger partial charge in [0.25, 0.3) is 0 Å². The van der Waals surface area contributed by atoms with Crippen LogP contribution in [0.5, 0.6) is 0 Å². The van der Waals surface area contributed by atoms with Gasteiger partial charge in [0, 0.05) is 6.10 Å². The largest absolute Gasteiger partial charge is 1.00 e. The summed E-state index contributed by atoms with van der Waals surface area (Å²) in [6.07, 6.45) is -4.03. The van der Waals surface area contributed by atoms with E-state index >= 15 is 0 Å². The maximum absolute atomic E-state index is 9.51. The smallest absolute Gasteiger partial charge is 0.515 e. The van der Waals surface area contributed by atoms with Gasteiger partial charge in [0.15, 0.2) is 6.29 Å². The van der Waals surface area contributed by atoms with Gasteiger partial charge in [-0.15, -0.1) is 0 Å². The Morgan fingerprint density at radius 2 is 1.75 bits per heavy atom. The molecule has 0 aromatic rings. The fraction of sp³-hybridized carbons (Fsp3) is 0.833. The SMILES string of the molecule is [CH-]=C[C@@H](O)CCOC(OC(CO)C(C)O)[C@@H](O)CO.[Cs+]. The molecule has 3 unspecified atom stereocenters. The minimum atomic E-state index is -1.33. The van der Waals surface area contributed by atoms with E-state index in [0.29, 0.717) is 0 Å². The molecular formula is C12H23CsO7. The van der Waals surface area contributed by atoms with E-state index in [2.05, 4.69) is 0 Å². The van der Waals surface area contributed by atoms with Crippen LogP contribution >= 0.6 is 0 Å². The van der Waals surface area contributed by atoms with Gasteiger partial charge in [-0.05, 0) is 13.3 Å². The Kier molecular flexibility index (Phi) is 16.8. The predicted molar refractivity (Wildman–Crippen MR) is 66.0 cm³/mol. The standard InChI is InChI=1S/C12H23O7.Cs/c1-3-9(16)4-5-18-12(10(17)6-13)19-11(7-14)8(2)15;/h1,3,8-17H,4-7H2,2H3;/q-1;+1/t8?,9-,10+,11?,12?;/m1./s1. The van der Waals surface area contributed by atoms with Crippen molar-refractivity contribution in [1.82, 2.24) is 0 Å². The molecule has 0 aromatic heterocycles. The second-order valence-electron chi connectivity index (χ2n) is 4.14. The molecule has 0 bridgehead atoms. The van der Waals surface area contributed by atoms with E-state index in [9.17, 15) is 15.3 Å². The van der Waals surface area contributed by atoms with Crippen LogP contribution in [0.4, 0.5) is 0 Å². The number of hydrogen-bond acceptors (Lipinski definition) is 7. The first-order valence-corrected chi connectivity index (χ1v) is 6.04. The minimum absolute atomic E-state index is 0. The molecule has 114 valence electrons. The topological polar surface area (TPSA) is 120 Å². The normalized spacial score (nSPS) is 18.5. The third-order valence-corrected chi connectivity index (χ3v) is 2.45. The minimum Gasteiger partial charge on any atom is -0.515 e. The van der Waals surface area contributed by atoms with Crippen LogP contribution in [0.15, 0.2) is 6.08 Å². The molecule has 5 atom stereocenters. The fourth-order valence-electron chi connectivity index (χ4n) is 1.21. The summed E-state index contributed by atoms with van der Waals surface area (Å²) in [6.45, 7) is 5.47. The summed E-state index contributed by atoms with van der Waals surface area (Å²) in [7, 11) is 0. The summed E-state index contributed by atoms with van der Waals surface area (Å²) in [5.74, 6) is 0.